The summed E-state index contributed by atoms with van der Waals surface area (Å²) in [4.78, 5) is 41.1. The quantitative estimate of drug-likeness (QED) is 0.320. The van der Waals surface area contributed by atoms with Crippen molar-refractivity contribution in [2.45, 2.75) is 45.3 Å². The summed E-state index contributed by atoms with van der Waals surface area (Å²) in [7, 11) is 1.27. The molecule has 10 heteroatoms. The molecule has 9 nitrogen and oxygen atoms in total. The highest BCUT2D eigenvalue weighted by molar-refractivity contribution is 6.02. The van der Waals surface area contributed by atoms with Gasteiger partial charge in [0.15, 0.2) is 0 Å². The minimum absolute atomic E-state index is 0.0238. The van der Waals surface area contributed by atoms with Crippen LogP contribution in [0.2, 0.25) is 0 Å². The van der Waals surface area contributed by atoms with Crippen LogP contribution in [0.4, 0.5) is 10.1 Å². The number of aromatic nitrogens is 3. The zero-order chi connectivity index (χ0) is 28.2. The molecule has 1 N–H and O–H groups in total. The largest absolute Gasteiger partial charge is 0.465 e. The van der Waals surface area contributed by atoms with E-state index >= 15 is 4.39 Å². The van der Waals surface area contributed by atoms with E-state index in [1.165, 1.54) is 59.2 Å². The maximum Gasteiger partial charge on any atom is 0.337 e. The number of halogens is 1. The van der Waals surface area contributed by atoms with Crippen molar-refractivity contribution in [2.75, 3.05) is 12.0 Å². The van der Waals surface area contributed by atoms with Gasteiger partial charge in [0, 0.05) is 16.8 Å². The monoisotopic (exact) mass is 531 g/mol. The van der Waals surface area contributed by atoms with Gasteiger partial charge in [0.2, 0.25) is 11.8 Å². The van der Waals surface area contributed by atoms with Gasteiger partial charge >= 0.3 is 5.97 Å². The summed E-state index contributed by atoms with van der Waals surface area (Å²) in [6.45, 7) is 5.35. The summed E-state index contributed by atoms with van der Waals surface area (Å²) >= 11 is 0. The first-order chi connectivity index (χ1) is 18.6. The highest BCUT2D eigenvalue weighted by atomic mass is 19.1. The molecule has 1 atom stereocenters. The van der Waals surface area contributed by atoms with Crippen LogP contribution in [0.25, 0.3) is 11.0 Å². The van der Waals surface area contributed by atoms with Gasteiger partial charge in [-0.3, -0.25) is 14.5 Å². The Hall–Kier alpha value is -4.60. The fraction of sp³-hybridized carbons (Fsp3) is 0.276. The van der Waals surface area contributed by atoms with Crippen LogP contribution in [0.15, 0.2) is 72.8 Å². The third-order valence-electron chi connectivity index (χ3n) is 6.59. The second-order valence-corrected chi connectivity index (χ2v) is 9.69. The normalized spacial score (nSPS) is 12.1. The Labute approximate surface area is 225 Å². The van der Waals surface area contributed by atoms with Gasteiger partial charge in [0.25, 0.3) is 0 Å². The minimum Gasteiger partial charge on any atom is -0.465 e. The molecule has 1 unspecified atom stereocenters. The van der Waals surface area contributed by atoms with Crippen molar-refractivity contribution >= 4 is 34.5 Å². The number of anilines is 1. The molecule has 4 aromatic rings. The number of amides is 2. The van der Waals surface area contributed by atoms with Crippen LogP contribution >= 0.6 is 0 Å². The highest BCUT2D eigenvalue weighted by Crippen LogP contribution is 2.31. The first-order valence-electron chi connectivity index (χ1n) is 12.5. The fourth-order valence-electron chi connectivity index (χ4n) is 4.14. The molecule has 0 saturated carbocycles. The molecule has 0 spiro atoms. The number of nitrogens with one attached hydrogen (secondary N) is 1. The van der Waals surface area contributed by atoms with Crippen LogP contribution in [0.3, 0.4) is 0 Å². The average Bonchev–Trinajstić information content (AvgIpc) is 3.34. The topological polar surface area (TPSA) is 106 Å². The number of rotatable bonds is 9. The van der Waals surface area contributed by atoms with E-state index in [2.05, 4.69) is 15.6 Å². The van der Waals surface area contributed by atoms with Gasteiger partial charge in [-0.25, -0.2) is 13.9 Å². The van der Waals surface area contributed by atoms with Crippen LogP contribution in [0, 0.1) is 5.82 Å². The van der Waals surface area contributed by atoms with E-state index in [1.54, 1.807) is 24.3 Å². The average molecular weight is 532 g/mol. The van der Waals surface area contributed by atoms with Gasteiger partial charge in [0.05, 0.1) is 18.2 Å². The minimum atomic E-state index is -1.36. The summed E-state index contributed by atoms with van der Waals surface area (Å²) in [5, 5.41) is 11.2. The lowest BCUT2D eigenvalue weighted by atomic mass is 9.97. The van der Waals surface area contributed by atoms with Crippen molar-refractivity contribution in [3.8, 4) is 0 Å². The molecule has 1 heterocycles. The number of nitrogens with zero attached hydrogens (tertiary/aromatic N) is 4. The number of benzene rings is 3. The molecule has 39 heavy (non-hydrogen) atoms. The van der Waals surface area contributed by atoms with Crippen molar-refractivity contribution < 1.29 is 23.5 Å². The first kappa shape index (κ1) is 27.4. The van der Waals surface area contributed by atoms with E-state index < -0.39 is 35.2 Å². The molecular weight excluding hydrogens is 501 g/mol. The van der Waals surface area contributed by atoms with E-state index in [4.69, 9.17) is 4.74 Å². The van der Waals surface area contributed by atoms with Crippen molar-refractivity contribution in [3.05, 3.63) is 89.7 Å². The summed E-state index contributed by atoms with van der Waals surface area (Å²) in [5.41, 5.74) is 1.19. The first-order valence-corrected chi connectivity index (χ1v) is 12.5. The number of carbonyl (C=O) groups is 3. The summed E-state index contributed by atoms with van der Waals surface area (Å²) in [6, 6.07) is 17.7. The number of hydrogen-bond acceptors (Lipinski definition) is 6. The lowest BCUT2D eigenvalue weighted by Crippen LogP contribution is -2.51. The van der Waals surface area contributed by atoms with Crippen molar-refractivity contribution in [3.63, 3.8) is 0 Å². The number of hydrogen-bond donors (Lipinski definition) is 1. The number of fused-ring (bicyclic) bond motifs is 1. The van der Waals surface area contributed by atoms with E-state index in [-0.39, 0.29) is 23.4 Å². The Kier molecular flexibility index (Phi) is 8.04. The van der Waals surface area contributed by atoms with Gasteiger partial charge in [-0.2, -0.15) is 0 Å². The van der Waals surface area contributed by atoms with Crippen LogP contribution in [0.1, 0.15) is 49.2 Å². The van der Waals surface area contributed by atoms with Gasteiger partial charge in [-0.1, -0.05) is 42.5 Å². The number of esters is 1. The molecule has 0 saturated heterocycles. The summed E-state index contributed by atoms with van der Waals surface area (Å²) in [5.74, 6) is -2.28. The maximum atomic E-state index is 15.2. The smallest absolute Gasteiger partial charge is 0.337 e. The molecule has 0 bridgehead atoms. The zero-order valence-electron chi connectivity index (χ0n) is 22.2. The van der Waals surface area contributed by atoms with Gasteiger partial charge in [-0.05, 0) is 62.7 Å². The second-order valence-electron chi connectivity index (χ2n) is 9.69. The molecule has 202 valence electrons. The fourth-order valence-corrected chi connectivity index (χ4v) is 4.14. The van der Waals surface area contributed by atoms with Gasteiger partial charge in [-0.15, -0.1) is 5.10 Å². The van der Waals surface area contributed by atoms with Crippen LogP contribution in [-0.2, 0) is 20.9 Å². The van der Waals surface area contributed by atoms with Crippen LogP contribution in [-0.4, -0.2) is 45.4 Å². The number of carbonyl (C=O) groups excluding carboxylic acids is 3. The van der Waals surface area contributed by atoms with E-state index in [0.717, 1.165) is 0 Å². The molecule has 2 amide bonds. The number of para-hydroxylation sites is 1. The molecule has 0 radical (unpaired) electrons. The van der Waals surface area contributed by atoms with Crippen LogP contribution in [0.5, 0.6) is 0 Å². The third kappa shape index (κ3) is 5.95. The standard InChI is InChI=1S/C29H30FN5O4/c1-5-29(2,3)31-27(37)26(21-10-6-7-11-22(21)30)35(20-16-14-19(15-17-20)28(38)39-4)25(36)18-34-24-13-9-8-12-23(24)32-33-34/h6-17,26H,5,18H2,1-4H3,(H,31,37). The number of ether oxygens (including phenoxy) is 1. The molecule has 0 aliphatic carbocycles. The SMILES string of the molecule is CCC(C)(C)NC(=O)C(c1ccccc1F)N(C(=O)Cn1nnc2ccccc21)c1ccc(C(=O)OC)cc1. The van der Waals surface area contributed by atoms with E-state index in [1.807, 2.05) is 26.8 Å². The highest BCUT2D eigenvalue weighted by Gasteiger charge is 2.37. The van der Waals surface area contributed by atoms with Gasteiger partial charge in [0.1, 0.15) is 23.9 Å². The second kappa shape index (κ2) is 11.4. The van der Waals surface area contributed by atoms with Gasteiger partial charge < -0.3 is 10.1 Å². The van der Waals surface area contributed by atoms with Crippen molar-refractivity contribution in [2.24, 2.45) is 0 Å². The third-order valence-corrected chi connectivity index (χ3v) is 6.59. The summed E-state index contributed by atoms with van der Waals surface area (Å²) < 4.78 is 21.5. The lowest BCUT2D eigenvalue weighted by molar-refractivity contribution is -0.128. The number of methoxy groups -OCH3 is 1. The zero-order valence-corrected chi connectivity index (χ0v) is 22.2. The Morgan fingerprint density at radius 2 is 1.69 bits per heavy atom. The molecule has 3 aromatic carbocycles. The van der Waals surface area contributed by atoms with Crippen molar-refractivity contribution in [1.82, 2.24) is 20.3 Å². The Bertz CT molecular complexity index is 1500. The molecular formula is C29H30FN5O4. The summed E-state index contributed by atoms with van der Waals surface area (Å²) in [6.07, 6.45) is 0.607. The Balaban J connectivity index is 1.85. The van der Waals surface area contributed by atoms with E-state index in [9.17, 15) is 14.4 Å². The van der Waals surface area contributed by atoms with E-state index in [0.29, 0.717) is 17.5 Å². The molecule has 0 fully saturated rings. The Morgan fingerprint density at radius 1 is 1.03 bits per heavy atom. The molecule has 1 aromatic heterocycles. The van der Waals surface area contributed by atoms with Crippen molar-refractivity contribution in [1.29, 1.82) is 0 Å². The predicted molar refractivity (Wildman–Crippen MR) is 144 cm³/mol. The Morgan fingerprint density at radius 3 is 2.36 bits per heavy atom. The van der Waals surface area contributed by atoms with Crippen LogP contribution < -0.4 is 10.2 Å². The molecule has 4 rings (SSSR count). The lowest BCUT2D eigenvalue weighted by Gasteiger charge is -2.34. The maximum absolute atomic E-state index is 15.2. The molecule has 0 aliphatic rings. The predicted octanol–water partition coefficient (Wildman–Crippen LogP) is 4.44. The molecule has 0 aliphatic heterocycles.